The van der Waals surface area contributed by atoms with Crippen molar-refractivity contribution in [2.24, 2.45) is 5.41 Å². The zero-order chi connectivity index (χ0) is 19.8. The van der Waals surface area contributed by atoms with Gasteiger partial charge in [0.15, 0.2) is 0 Å². The molecule has 0 atom stereocenters. The average Bonchev–Trinajstić information content (AvgIpc) is 2.14. The Labute approximate surface area is 152 Å². The van der Waals surface area contributed by atoms with Crippen LogP contribution < -0.4 is 0 Å². The van der Waals surface area contributed by atoms with E-state index in [0.29, 0.717) is 6.04 Å². The predicted octanol–water partition coefficient (Wildman–Crippen LogP) is 4.92. The SMILES string of the molecule is CC(C)(C)C(=C=C([Si](C)(C)C)[Si](C)(C)C)C[Si](C)(C)OS(=O)(=O)[O-]. The molecule has 0 saturated carbocycles. The third-order valence-corrected chi connectivity index (χ3v) is 15.2. The van der Waals surface area contributed by atoms with Crippen molar-refractivity contribution in [3.8, 4) is 0 Å². The highest BCUT2D eigenvalue weighted by Crippen LogP contribution is 2.35. The van der Waals surface area contributed by atoms with E-state index in [1.807, 2.05) is 0 Å². The van der Waals surface area contributed by atoms with Crippen LogP contribution in [0.3, 0.4) is 0 Å². The smallest absolute Gasteiger partial charge is 0.214 e. The molecule has 0 N–H and O–H groups in total. The molecule has 142 valence electrons. The lowest BCUT2D eigenvalue weighted by atomic mass is 9.88. The second-order valence-corrected chi connectivity index (χ2v) is 26.0. The van der Waals surface area contributed by atoms with E-state index in [1.165, 1.54) is 4.82 Å². The van der Waals surface area contributed by atoms with Gasteiger partial charge < -0.3 is 8.42 Å². The molecule has 0 unspecified atom stereocenters. The van der Waals surface area contributed by atoms with Crippen molar-refractivity contribution in [1.29, 1.82) is 0 Å². The average molecular weight is 408 g/mol. The van der Waals surface area contributed by atoms with Crippen LogP contribution in [0.2, 0.25) is 58.4 Å². The minimum atomic E-state index is -4.68. The van der Waals surface area contributed by atoms with E-state index in [1.54, 1.807) is 13.1 Å². The normalized spacial score (nSPS) is 14.3. The summed E-state index contributed by atoms with van der Waals surface area (Å²) < 4.78 is 38.1. The van der Waals surface area contributed by atoms with Gasteiger partial charge in [-0.05, 0) is 30.1 Å². The Morgan fingerprint density at radius 3 is 1.58 bits per heavy atom. The number of hydrogen-bond acceptors (Lipinski definition) is 4. The molecule has 24 heavy (non-hydrogen) atoms. The van der Waals surface area contributed by atoms with Gasteiger partial charge in [-0.2, -0.15) is 0 Å². The Morgan fingerprint density at radius 1 is 0.958 bits per heavy atom. The Bertz CT molecular complexity index is 608. The van der Waals surface area contributed by atoms with Gasteiger partial charge in [0.2, 0.25) is 18.7 Å². The van der Waals surface area contributed by atoms with Gasteiger partial charge >= 0.3 is 0 Å². The van der Waals surface area contributed by atoms with Crippen molar-refractivity contribution in [3.05, 3.63) is 16.1 Å². The van der Waals surface area contributed by atoms with Crippen molar-refractivity contribution < 1.29 is 16.8 Å². The molecule has 0 aliphatic rings. The number of hydrogen-bond donors (Lipinski definition) is 0. The fraction of sp³-hybridized carbons (Fsp3) is 0.812. The second-order valence-electron chi connectivity index (χ2n) is 10.2. The third kappa shape index (κ3) is 8.94. The van der Waals surface area contributed by atoms with Crippen molar-refractivity contribution in [3.63, 3.8) is 0 Å². The summed E-state index contributed by atoms with van der Waals surface area (Å²) in [7, 11) is -10.4. The van der Waals surface area contributed by atoms with Crippen LogP contribution in [0, 0.1) is 5.41 Å². The van der Waals surface area contributed by atoms with E-state index in [2.05, 4.69) is 65.8 Å². The van der Waals surface area contributed by atoms with Gasteiger partial charge in [0.1, 0.15) is 0 Å². The Balaban J connectivity index is 6.37. The summed E-state index contributed by atoms with van der Waals surface area (Å²) >= 11 is 0. The molecule has 8 heteroatoms. The predicted molar refractivity (Wildman–Crippen MR) is 110 cm³/mol. The first-order chi connectivity index (χ1) is 10.2. The van der Waals surface area contributed by atoms with Crippen LogP contribution >= 0.6 is 0 Å². The highest BCUT2D eigenvalue weighted by molar-refractivity contribution is 7.82. The summed E-state index contributed by atoms with van der Waals surface area (Å²) in [6.07, 6.45) is 0. The monoisotopic (exact) mass is 407 g/mol. The molecule has 0 aromatic rings. The van der Waals surface area contributed by atoms with Crippen molar-refractivity contribution in [2.75, 3.05) is 0 Å². The van der Waals surface area contributed by atoms with Crippen LogP contribution in [-0.4, -0.2) is 37.4 Å². The molecule has 0 aliphatic carbocycles. The van der Waals surface area contributed by atoms with Gasteiger partial charge in [0.25, 0.3) is 0 Å². The summed E-state index contributed by atoms with van der Waals surface area (Å²) in [4.78, 5) is 1.45. The van der Waals surface area contributed by atoms with Crippen LogP contribution in [0.5, 0.6) is 0 Å². The molecule has 4 nitrogen and oxygen atoms in total. The molecular formula is C16H35O4SSi3-. The van der Waals surface area contributed by atoms with E-state index < -0.39 is 34.9 Å². The largest absolute Gasteiger partial charge is 0.726 e. The Morgan fingerprint density at radius 2 is 1.33 bits per heavy atom. The minimum absolute atomic E-state index is 0.148. The maximum Gasteiger partial charge on any atom is 0.214 e. The molecule has 0 amide bonds. The fourth-order valence-corrected chi connectivity index (χ4v) is 16.8. The van der Waals surface area contributed by atoms with Crippen LogP contribution in [-0.2, 0) is 14.3 Å². The lowest BCUT2D eigenvalue weighted by molar-refractivity contribution is 0.368. The van der Waals surface area contributed by atoms with Gasteiger partial charge in [-0.15, -0.1) is 5.73 Å². The minimum Gasteiger partial charge on any atom is -0.726 e. The molecule has 0 radical (unpaired) electrons. The molecule has 0 saturated heterocycles. The van der Waals surface area contributed by atoms with Crippen LogP contribution in [0.4, 0.5) is 0 Å². The molecule has 0 aliphatic heterocycles. The zero-order valence-corrected chi connectivity index (χ0v) is 21.1. The van der Waals surface area contributed by atoms with Gasteiger partial charge in [-0.1, -0.05) is 64.9 Å². The number of allylic oxidation sites excluding steroid dienone is 1. The third-order valence-electron chi connectivity index (χ3n) is 3.61. The Kier molecular flexibility index (Phi) is 7.36. The molecule has 0 rings (SSSR count). The first-order valence-electron chi connectivity index (χ1n) is 8.33. The molecule has 0 aromatic heterocycles. The Hall–Kier alpha value is 0.0406. The molecule has 0 bridgehead atoms. The summed E-state index contributed by atoms with van der Waals surface area (Å²) in [5.41, 5.74) is 4.65. The van der Waals surface area contributed by atoms with Crippen molar-refractivity contribution >= 4 is 34.9 Å². The van der Waals surface area contributed by atoms with Gasteiger partial charge in [-0.3, -0.25) is 0 Å². The van der Waals surface area contributed by atoms with Crippen molar-refractivity contribution in [2.45, 2.75) is 79.2 Å². The van der Waals surface area contributed by atoms with E-state index in [9.17, 15) is 13.0 Å². The highest BCUT2D eigenvalue weighted by Gasteiger charge is 2.34. The zero-order valence-electron chi connectivity index (χ0n) is 17.2. The van der Waals surface area contributed by atoms with E-state index >= 15 is 0 Å². The summed E-state index contributed by atoms with van der Waals surface area (Å²) in [6.45, 7) is 23.8. The topological polar surface area (TPSA) is 66.4 Å². The van der Waals surface area contributed by atoms with Gasteiger partial charge in [0.05, 0.1) is 16.1 Å². The van der Waals surface area contributed by atoms with Crippen LogP contribution in [0.25, 0.3) is 0 Å². The van der Waals surface area contributed by atoms with Crippen molar-refractivity contribution in [1.82, 2.24) is 0 Å². The quantitative estimate of drug-likeness (QED) is 0.271. The lowest BCUT2D eigenvalue weighted by Gasteiger charge is -2.33. The van der Waals surface area contributed by atoms with Crippen LogP contribution in [0.15, 0.2) is 16.1 Å². The first kappa shape index (κ1) is 24.0. The summed E-state index contributed by atoms with van der Waals surface area (Å²) in [5.74, 6) is 0. The maximum absolute atomic E-state index is 11.1. The molecule has 0 aromatic carbocycles. The van der Waals surface area contributed by atoms with E-state index in [0.717, 1.165) is 5.57 Å². The first-order valence-corrected chi connectivity index (χ1v) is 19.8. The maximum atomic E-state index is 11.1. The highest BCUT2D eigenvalue weighted by atomic mass is 32.3. The standard InChI is InChI=1S/C16H36O4SSi3/c1-16(2,3)14(13-24(10,11)20-21(17,18)19)12-15(22(4,5)6)23(7,8)9/h13H2,1-11H3,(H,17,18,19)/p-1. The molecule has 0 fully saturated rings. The molecule has 0 spiro atoms. The molecule has 0 heterocycles. The number of rotatable bonds is 6. The van der Waals surface area contributed by atoms with Gasteiger partial charge in [-0.25, -0.2) is 8.42 Å². The lowest BCUT2D eigenvalue weighted by Crippen LogP contribution is -2.40. The van der Waals surface area contributed by atoms with E-state index in [-0.39, 0.29) is 5.41 Å². The fourth-order valence-electron chi connectivity index (χ4n) is 2.88. The summed E-state index contributed by atoms with van der Waals surface area (Å²) in [5, 5.41) is 0. The van der Waals surface area contributed by atoms with Crippen LogP contribution in [0.1, 0.15) is 20.8 Å². The molecular weight excluding hydrogens is 372 g/mol. The summed E-state index contributed by atoms with van der Waals surface area (Å²) in [6, 6.07) is 0.496. The van der Waals surface area contributed by atoms with E-state index in [4.69, 9.17) is 3.87 Å². The second kappa shape index (κ2) is 7.34. The van der Waals surface area contributed by atoms with Gasteiger partial charge in [0, 0.05) is 0 Å².